The Hall–Kier alpha value is 0.310. The molecule has 0 spiro atoms. The minimum Gasteiger partial charge on any atom is -0.309 e. The van der Waals surface area contributed by atoms with Crippen LogP contribution in [0.5, 0.6) is 0 Å². The summed E-state index contributed by atoms with van der Waals surface area (Å²) in [6.07, 6.45) is 5.31. The van der Waals surface area contributed by atoms with Crippen LogP contribution in [0.15, 0.2) is 0 Å². The van der Waals surface area contributed by atoms with Gasteiger partial charge < -0.3 is 4.90 Å². The van der Waals surface area contributed by atoms with E-state index < -0.39 is 0 Å². The van der Waals surface area contributed by atoms with Gasteiger partial charge in [0.15, 0.2) is 0 Å². The van der Waals surface area contributed by atoms with E-state index in [0.29, 0.717) is 0 Å². The predicted octanol–water partition coefficient (Wildman–Crippen LogP) is 2.04. The summed E-state index contributed by atoms with van der Waals surface area (Å²) < 4.78 is 0. The highest BCUT2D eigenvalue weighted by atomic mass is 32.1. The second kappa shape index (κ2) is 7.42. The number of unbranched alkanes of at least 4 members (excludes halogenated alkanes) is 3. The van der Waals surface area contributed by atoms with E-state index in [9.17, 15) is 0 Å². The highest BCUT2D eigenvalue weighted by Gasteiger charge is 1.89. The Morgan fingerprint density at radius 3 is 2.10 bits per heavy atom. The lowest BCUT2D eigenvalue weighted by atomic mass is 10.2. The molecule has 0 aliphatic heterocycles. The van der Waals surface area contributed by atoms with E-state index in [4.69, 9.17) is 0 Å². The highest BCUT2D eigenvalue weighted by Crippen LogP contribution is 2.00. The third-order valence-electron chi connectivity index (χ3n) is 1.51. The summed E-state index contributed by atoms with van der Waals surface area (Å²) in [6, 6.07) is 0. The van der Waals surface area contributed by atoms with Gasteiger partial charge in [-0.2, -0.15) is 12.6 Å². The van der Waals surface area contributed by atoms with E-state index in [1.54, 1.807) is 0 Å². The Morgan fingerprint density at radius 2 is 1.60 bits per heavy atom. The first kappa shape index (κ1) is 10.3. The zero-order valence-corrected chi connectivity index (χ0v) is 8.03. The van der Waals surface area contributed by atoms with Crippen LogP contribution in [0.2, 0.25) is 0 Å². The highest BCUT2D eigenvalue weighted by molar-refractivity contribution is 7.80. The number of hydrogen-bond acceptors (Lipinski definition) is 2. The maximum Gasteiger partial charge on any atom is -0.00248 e. The first-order valence-electron chi connectivity index (χ1n) is 4.03. The molecule has 10 heavy (non-hydrogen) atoms. The van der Waals surface area contributed by atoms with Crippen molar-refractivity contribution < 1.29 is 0 Å². The molecular formula is C8H19NS. The second-order valence-electron chi connectivity index (χ2n) is 2.94. The number of nitrogens with zero attached hydrogens (tertiary/aromatic N) is 1. The summed E-state index contributed by atoms with van der Waals surface area (Å²) in [5, 5.41) is 0. The molecule has 0 aliphatic carbocycles. The van der Waals surface area contributed by atoms with Crippen LogP contribution in [0, 0.1) is 0 Å². The van der Waals surface area contributed by atoms with Crippen molar-refractivity contribution in [1.82, 2.24) is 4.90 Å². The van der Waals surface area contributed by atoms with Crippen LogP contribution in [0.1, 0.15) is 25.7 Å². The fourth-order valence-electron chi connectivity index (χ4n) is 0.893. The fraction of sp³-hybridized carbons (Fsp3) is 1.00. The molecule has 0 bridgehead atoms. The standard InChI is InChI=1S/C8H19NS/c1-9(2)7-5-3-4-6-8-10/h10H,3-8H2,1-2H3. The predicted molar refractivity (Wildman–Crippen MR) is 50.9 cm³/mol. The first-order chi connectivity index (χ1) is 4.77. The molecule has 0 aliphatic rings. The molecule has 2 heteroatoms. The minimum atomic E-state index is 1.04. The van der Waals surface area contributed by atoms with Gasteiger partial charge in [-0.05, 0) is 39.2 Å². The monoisotopic (exact) mass is 161 g/mol. The van der Waals surface area contributed by atoms with E-state index in [0.717, 1.165) is 5.75 Å². The third kappa shape index (κ3) is 8.31. The van der Waals surface area contributed by atoms with Crippen LogP contribution in [0.25, 0.3) is 0 Å². The normalized spacial score (nSPS) is 10.8. The van der Waals surface area contributed by atoms with E-state index in [1.165, 1.54) is 32.2 Å². The summed E-state index contributed by atoms with van der Waals surface area (Å²) in [4.78, 5) is 2.24. The van der Waals surface area contributed by atoms with Crippen LogP contribution in [0.4, 0.5) is 0 Å². The number of thiol groups is 1. The summed E-state index contributed by atoms with van der Waals surface area (Å²) in [7, 11) is 4.25. The lowest BCUT2D eigenvalue weighted by molar-refractivity contribution is 0.391. The van der Waals surface area contributed by atoms with Gasteiger partial charge in [0.2, 0.25) is 0 Å². The Bertz CT molecular complexity index is 64.3. The Morgan fingerprint density at radius 1 is 1.00 bits per heavy atom. The van der Waals surface area contributed by atoms with Crippen molar-refractivity contribution in [3.8, 4) is 0 Å². The zero-order valence-electron chi connectivity index (χ0n) is 7.14. The van der Waals surface area contributed by atoms with Gasteiger partial charge in [0.05, 0.1) is 0 Å². The van der Waals surface area contributed by atoms with Gasteiger partial charge in [-0.25, -0.2) is 0 Å². The molecule has 0 saturated heterocycles. The Kier molecular flexibility index (Phi) is 7.65. The van der Waals surface area contributed by atoms with Crippen molar-refractivity contribution in [1.29, 1.82) is 0 Å². The Labute approximate surface area is 70.2 Å². The molecule has 0 N–H and O–H groups in total. The molecule has 0 rings (SSSR count). The molecule has 1 nitrogen and oxygen atoms in total. The molecule has 0 aromatic rings. The third-order valence-corrected chi connectivity index (χ3v) is 1.83. The van der Waals surface area contributed by atoms with Gasteiger partial charge in [-0.15, -0.1) is 0 Å². The smallest absolute Gasteiger partial charge is 0.00248 e. The average molecular weight is 161 g/mol. The van der Waals surface area contributed by atoms with Gasteiger partial charge in [-0.3, -0.25) is 0 Å². The molecular weight excluding hydrogens is 142 g/mol. The lowest BCUT2D eigenvalue weighted by Crippen LogP contribution is -2.12. The molecule has 0 heterocycles. The maximum absolute atomic E-state index is 4.15. The molecule has 0 unspecified atom stereocenters. The van der Waals surface area contributed by atoms with Crippen molar-refractivity contribution in [2.24, 2.45) is 0 Å². The van der Waals surface area contributed by atoms with Crippen LogP contribution >= 0.6 is 12.6 Å². The van der Waals surface area contributed by atoms with Crippen LogP contribution in [-0.2, 0) is 0 Å². The van der Waals surface area contributed by atoms with E-state index in [-0.39, 0.29) is 0 Å². The molecule has 0 aromatic heterocycles. The van der Waals surface area contributed by atoms with Crippen LogP contribution in [0.3, 0.4) is 0 Å². The van der Waals surface area contributed by atoms with Crippen molar-refractivity contribution in [3.05, 3.63) is 0 Å². The number of rotatable bonds is 6. The van der Waals surface area contributed by atoms with Gasteiger partial charge in [-0.1, -0.05) is 12.8 Å². The largest absolute Gasteiger partial charge is 0.309 e. The molecule has 0 saturated carbocycles. The van der Waals surface area contributed by atoms with Gasteiger partial charge in [0.1, 0.15) is 0 Å². The summed E-state index contributed by atoms with van der Waals surface area (Å²) in [5.41, 5.74) is 0. The molecule has 0 radical (unpaired) electrons. The van der Waals surface area contributed by atoms with Gasteiger partial charge in [0.25, 0.3) is 0 Å². The molecule has 0 amide bonds. The maximum atomic E-state index is 4.15. The van der Waals surface area contributed by atoms with E-state index in [2.05, 4.69) is 31.6 Å². The van der Waals surface area contributed by atoms with Crippen molar-refractivity contribution >= 4 is 12.6 Å². The number of hydrogen-bond donors (Lipinski definition) is 1. The summed E-state index contributed by atoms with van der Waals surface area (Å²) >= 11 is 4.15. The average Bonchev–Trinajstić information content (AvgIpc) is 1.87. The van der Waals surface area contributed by atoms with Crippen molar-refractivity contribution in [2.45, 2.75) is 25.7 Å². The topological polar surface area (TPSA) is 3.24 Å². The van der Waals surface area contributed by atoms with E-state index >= 15 is 0 Å². The molecule has 0 atom stereocenters. The summed E-state index contributed by atoms with van der Waals surface area (Å²) in [6.45, 7) is 1.23. The van der Waals surface area contributed by atoms with Crippen LogP contribution < -0.4 is 0 Å². The van der Waals surface area contributed by atoms with Gasteiger partial charge in [0, 0.05) is 0 Å². The van der Waals surface area contributed by atoms with Crippen LogP contribution in [-0.4, -0.2) is 31.3 Å². The SMILES string of the molecule is CN(C)CCCCCCS. The molecule has 62 valence electrons. The molecule has 0 aromatic carbocycles. The van der Waals surface area contributed by atoms with Gasteiger partial charge >= 0.3 is 0 Å². The lowest BCUT2D eigenvalue weighted by Gasteiger charge is -2.07. The first-order valence-corrected chi connectivity index (χ1v) is 4.66. The van der Waals surface area contributed by atoms with Crippen molar-refractivity contribution in [2.75, 3.05) is 26.4 Å². The van der Waals surface area contributed by atoms with E-state index in [1.807, 2.05) is 0 Å². The van der Waals surface area contributed by atoms with Crippen molar-refractivity contribution in [3.63, 3.8) is 0 Å². The fourth-order valence-corrected chi connectivity index (χ4v) is 1.12. The second-order valence-corrected chi connectivity index (χ2v) is 3.39. The Balaban J connectivity index is 2.77. The zero-order chi connectivity index (χ0) is 7.82. The molecule has 0 fully saturated rings. The minimum absolute atomic E-state index is 1.04. The quantitative estimate of drug-likeness (QED) is 0.461. The summed E-state index contributed by atoms with van der Waals surface area (Å²) in [5.74, 6) is 1.04.